The summed E-state index contributed by atoms with van der Waals surface area (Å²) in [7, 11) is 0. The third-order valence-electron chi connectivity index (χ3n) is 2.71. The molecule has 0 aliphatic carbocycles. The highest BCUT2D eigenvalue weighted by Crippen LogP contribution is 2.17. The highest BCUT2D eigenvalue weighted by atomic mass is 16.1. The first-order valence-electron chi connectivity index (χ1n) is 5.61. The van der Waals surface area contributed by atoms with Crippen LogP contribution in [0.15, 0.2) is 30.5 Å². The number of benzene rings is 1. The third kappa shape index (κ3) is 2.25. The lowest BCUT2D eigenvalue weighted by Crippen LogP contribution is -2.06. The topological polar surface area (TPSA) is 47.8 Å². The van der Waals surface area contributed by atoms with Crippen molar-refractivity contribution in [1.82, 2.24) is 15.0 Å². The summed E-state index contributed by atoms with van der Waals surface area (Å²) in [4.78, 5) is 11.4. The maximum atomic E-state index is 11.4. The summed E-state index contributed by atoms with van der Waals surface area (Å²) in [6.07, 6.45) is 1.48. The first-order chi connectivity index (χ1) is 8.09. The number of hydrogen-bond acceptors (Lipinski definition) is 3. The summed E-state index contributed by atoms with van der Waals surface area (Å²) in [5.41, 5.74) is 2.62. The van der Waals surface area contributed by atoms with Crippen LogP contribution < -0.4 is 0 Å². The number of Topliss-reactive ketones (excluding diaryl/α,β-unsaturated/α-hetero) is 1. The average Bonchev–Trinajstić information content (AvgIpc) is 2.78. The van der Waals surface area contributed by atoms with Crippen LogP contribution in [0, 0.1) is 0 Å². The second-order valence-corrected chi connectivity index (χ2v) is 4.33. The zero-order valence-electron chi connectivity index (χ0n) is 10.2. The molecular weight excluding hydrogens is 214 g/mol. The van der Waals surface area contributed by atoms with Gasteiger partial charge in [-0.2, -0.15) is 0 Å². The lowest BCUT2D eigenvalue weighted by molar-refractivity contribution is 0.101. The van der Waals surface area contributed by atoms with Gasteiger partial charge in [0.15, 0.2) is 5.78 Å². The largest absolute Gasteiger partial charge is 0.293 e. The zero-order valence-corrected chi connectivity index (χ0v) is 10.2. The maximum Gasteiger partial charge on any atom is 0.179 e. The van der Waals surface area contributed by atoms with Crippen molar-refractivity contribution in [3.8, 4) is 5.69 Å². The monoisotopic (exact) mass is 229 g/mol. The fraction of sp³-hybridized carbons (Fsp3) is 0.308. The van der Waals surface area contributed by atoms with Crippen LogP contribution in [0.3, 0.4) is 0 Å². The van der Waals surface area contributed by atoms with Crippen molar-refractivity contribution in [2.24, 2.45) is 0 Å². The molecule has 0 N–H and O–H groups in total. The maximum absolute atomic E-state index is 11.4. The van der Waals surface area contributed by atoms with E-state index < -0.39 is 0 Å². The van der Waals surface area contributed by atoms with Gasteiger partial charge in [-0.15, -0.1) is 5.10 Å². The van der Waals surface area contributed by atoms with Crippen molar-refractivity contribution >= 4 is 5.78 Å². The Morgan fingerprint density at radius 2 is 1.88 bits per heavy atom. The molecule has 0 spiro atoms. The van der Waals surface area contributed by atoms with Crippen LogP contribution in [0.25, 0.3) is 5.69 Å². The van der Waals surface area contributed by atoms with Crippen LogP contribution in [0.5, 0.6) is 0 Å². The van der Waals surface area contributed by atoms with Crippen LogP contribution >= 0.6 is 0 Å². The van der Waals surface area contributed by atoms with Crippen molar-refractivity contribution in [2.45, 2.75) is 26.7 Å². The van der Waals surface area contributed by atoms with E-state index in [1.54, 1.807) is 4.68 Å². The summed E-state index contributed by atoms with van der Waals surface area (Å²) in [5, 5.41) is 7.70. The van der Waals surface area contributed by atoms with Crippen LogP contribution in [0.4, 0.5) is 0 Å². The summed E-state index contributed by atoms with van der Waals surface area (Å²) in [6, 6.07) is 8.00. The molecule has 0 unspecified atom stereocenters. The van der Waals surface area contributed by atoms with Crippen molar-refractivity contribution in [2.75, 3.05) is 0 Å². The van der Waals surface area contributed by atoms with Crippen molar-refractivity contribution in [3.63, 3.8) is 0 Å². The van der Waals surface area contributed by atoms with E-state index in [0.717, 1.165) is 5.69 Å². The number of carbonyl (C=O) groups is 1. The Hall–Kier alpha value is -1.97. The Bertz CT molecular complexity index is 526. The van der Waals surface area contributed by atoms with Gasteiger partial charge >= 0.3 is 0 Å². The summed E-state index contributed by atoms with van der Waals surface area (Å²) in [5.74, 6) is 0.454. The van der Waals surface area contributed by atoms with Gasteiger partial charge in [-0.1, -0.05) is 31.2 Å². The number of nitrogens with zero attached hydrogens (tertiary/aromatic N) is 3. The van der Waals surface area contributed by atoms with Gasteiger partial charge in [0.1, 0.15) is 5.69 Å². The van der Waals surface area contributed by atoms with Crippen molar-refractivity contribution in [3.05, 3.63) is 41.7 Å². The molecule has 1 aromatic carbocycles. The van der Waals surface area contributed by atoms with Crippen molar-refractivity contribution < 1.29 is 4.79 Å². The Morgan fingerprint density at radius 1 is 1.24 bits per heavy atom. The van der Waals surface area contributed by atoms with E-state index in [-0.39, 0.29) is 5.78 Å². The smallest absolute Gasteiger partial charge is 0.179 e. The Morgan fingerprint density at radius 3 is 2.41 bits per heavy atom. The Labute approximate surface area is 100 Å². The van der Waals surface area contributed by atoms with Gasteiger partial charge in [-0.05, 0) is 23.6 Å². The first kappa shape index (κ1) is 11.5. The molecule has 0 atom stereocenters. The van der Waals surface area contributed by atoms with Crippen LogP contribution in [-0.2, 0) is 0 Å². The lowest BCUT2D eigenvalue weighted by atomic mass is 10.0. The highest BCUT2D eigenvalue weighted by molar-refractivity contribution is 5.92. The van der Waals surface area contributed by atoms with E-state index in [9.17, 15) is 4.79 Å². The van der Waals surface area contributed by atoms with Gasteiger partial charge in [0, 0.05) is 6.92 Å². The molecule has 17 heavy (non-hydrogen) atoms. The molecule has 2 rings (SSSR count). The predicted molar refractivity (Wildman–Crippen MR) is 65.5 cm³/mol. The van der Waals surface area contributed by atoms with E-state index in [1.165, 1.54) is 18.7 Å². The lowest BCUT2D eigenvalue weighted by Gasteiger charge is -2.07. The number of rotatable bonds is 3. The van der Waals surface area contributed by atoms with E-state index in [1.807, 2.05) is 24.3 Å². The van der Waals surface area contributed by atoms with Gasteiger partial charge < -0.3 is 0 Å². The van der Waals surface area contributed by atoms with E-state index in [2.05, 4.69) is 24.2 Å². The highest BCUT2D eigenvalue weighted by Gasteiger charge is 2.10. The third-order valence-corrected chi connectivity index (χ3v) is 2.71. The Balaban J connectivity index is 2.40. The molecule has 2 aromatic rings. The number of ketones is 1. The zero-order chi connectivity index (χ0) is 12.4. The SMILES string of the molecule is CC(=O)c1cnnn1-c1ccc(C(C)C)cc1. The first-order valence-corrected chi connectivity index (χ1v) is 5.61. The molecule has 0 radical (unpaired) electrons. The van der Waals surface area contributed by atoms with E-state index >= 15 is 0 Å². The van der Waals surface area contributed by atoms with Crippen LogP contribution in [0.1, 0.15) is 42.7 Å². The summed E-state index contributed by atoms with van der Waals surface area (Å²) < 4.78 is 1.56. The molecule has 4 nitrogen and oxygen atoms in total. The minimum atomic E-state index is -0.0389. The summed E-state index contributed by atoms with van der Waals surface area (Å²) >= 11 is 0. The molecule has 0 amide bonds. The number of carbonyl (C=O) groups excluding carboxylic acids is 1. The Kier molecular flexibility index (Phi) is 3.04. The molecule has 0 fully saturated rings. The van der Waals surface area contributed by atoms with Gasteiger partial charge in [-0.3, -0.25) is 4.79 Å². The molecule has 88 valence electrons. The second-order valence-electron chi connectivity index (χ2n) is 4.33. The average molecular weight is 229 g/mol. The fourth-order valence-electron chi connectivity index (χ4n) is 1.67. The molecule has 0 bridgehead atoms. The standard InChI is InChI=1S/C13H15N3O/c1-9(2)11-4-6-12(7-5-11)16-13(10(3)17)8-14-15-16/h4-9H,1-3H3. The van der Waals surface area contributed by atoms with Crippen molar-refractivity contribution in [1.29, 1.82) is 0 Å². The molecule has 0 aliphatic rings. The molecule has 1 aromatic heterocycles. The molecule has 0 saturated heterocycles. The van der Waals surface area contributed by atoms with Gasteiger partial charge in [0.05, 0.1) is 11.9 Å². The van der Waals surface area contributed by atoms with Gasteiger partial charge in [-0.25, -0.2) is 4.68 Å². The normalized spacial score (nSPS) is 10.8. The fourth-order valence-corrected chi connectivity index (χ4v) is 1.67. The van der Waals surface area contributed by atoms with Crippen LogP contribution in [-0.4, -0.2) is 20.8 Å². The quantitative estimate of drug-likeness (QED) is 0.760. The molecule has 0 aliphatic heterocycles. The van der Waals surface area contributed by atoms with Gasteiger partial charge in [0.25, 0.3) is 0 Å². The molecule has 0 saturated carbocycles. The molecule has 4 heteroatoms. The minimum Gasteiger partial charge on any atom is -0.293 e. The van der Waals surface area contributed by atoms with E-state index in [0.29, 0.717) is 11.6 Å². The van der Waals surface area contributed by atoms with Crippen LogP contribution in [0.2, 0.25) is 0 Å². The second kappa shape index (κ2) is 4.49. The van der Waals surface area contributed by atoms with E-state index in [4.69, 9.17) is 0 Å². The minimum absolute atomic E-state index is 0.0389. The van der Waals surface area contributed by atoms with Gasteiger partial charge in [0.2, 0.25) is 0 Å². The number of aromatic nitrogens is 3. The molecule has 1 heterocycles. The number of hydrogen-bond donors (Lipinski definition) is 0. The predicted octanol–water partition coefficient (Wildman–Crippen LogP) is 2.59. The molecular formula is C13H15N3O. The summed E-state index contributed by atoms with van der Waals surface area (Å²) in [6.45, 7) is 5.80.